The molecule has 8 heteroatoms. The van der Waals surface area contributed by atoms with Crippen molar-refractivity contribution in [1.82, 2.24) is 4.98 Å². The highest BCUT2D eigenvalue weighted by Gasteiger charge is 2.19. The van der Waals surface area contributed by atoms with Crippen LogP contribution in [-0.2, 0) is 10.0 Å². The summed E-state index contributed by atoms with van der Waals surface area (Å²) in [6.07, 6.45) is 1.28. The van der Waals surface area contributed by atoms with E-state index in [1.165, 1.54) is 30.5 Å². The summed E-state index contributed by atoms with van der Waals surface area (Å²) < 4.78 is 27.6. The zero-order valence-corrected chi connectivity index (χ0v) is 13.3. The molecule has 0 aliphatic rings. The lowest BCUT2D eigenvalue weighted by molar-refractivity contribution is 0.0692. The number of rotatable bonds is 4. The van der Waals surface area contributed by atoms with Crippen LogP contribution in [0.4, 0.5) is 5.69 Å². The maximum atomic E-state index is 12.3. The Labute approximate surface area is 130 Å². The van der Waals surface area contributed by atoms with E-state index in [4.69, 9.17) is 5.11 Å². The maximum Gasteiger partial charge on any atom is 0.356 e. The lowest BCUT2D eigenvalue weighted by Gasteiger charge is -2.10. The topological polar surface area (TPSA) is 96.4 Å². The Bertz CT molecular complexity index is 806. The zero-order chi connectivity index (χ0) is 15.6. The number of aryl methyl sites for hydroxylation is 1. The molecule has 6 nitrogen and oxygen atoms in total. The van der Waals surface area contributed by atoms with Crippen LogP contribution >= 0.6 is 15.9 Å². The van der Waals surface area contributed by atoms with E-state index >= 15 is 0 Å². The molecule has 0 saturated heterocycles. The predicted octanol–water partition coefficient (Wildman–Crippen LogP) is 2.65. The van der Waals surface area contributed by atoms with Crippen molar-refractivity contribution in [2.45, 2.75) is 11.8 Å². The minimum Gasteiger partial charge on any atom is -0.476 e. The maximum absolute atomic E-state index is 12.3. The van der Waals surface area contributed by atoms with Gasteiger partial charge in [-0.15, -0.1) is 0 Å². The van der Waals surface area contributed by atoms with Gasteiger partial charge in [0.25, 0.3) is 10.0 Å². The summed E-state index contributed by atoms with van der Waals surface area (Å²) in [4.78, 5) is 14.7. The molecule has 0 saturated carbocycles. The number of hydrogen-bond acceptors (Lipinski definition) is 4. The molecule has 110 valence electrons. The Morgan fingerprint density at radius 1 is 1.33 bits per heavy atom. The number of halogens is 1. The number of hydrogen-bond donors (Lipinski definition) is 2. The van der Waals surface area contributed by atoms with Gasteiger partial charge in [0.15, 0.2) is 5.69 Å². The molecule has 2 N–H and O–H groups in total. The molecule has 0 spiro atoms. The number of pyridine rings is 1. The smallest absolute Gasteiger partial charge is 0.356 e. The molecule has 0 amide bonds. The Kier molecular flexibility index (Phi) is 4.29. The number of sulfonamides is 1. The normalized spacial score (nSPS) is 11.1. The van der Waals surface area contributed by atoms with Crippen molar-refractivity contribution in [1.29, 1.82) is 0 Å². The quantitative estimate of drug-likeness (QED) is 0.862. The molecule has 1 aromatic carbocycles. The van der Waals surface area contributed by atoms with Crippen LogP contribution in [0, 0.1) is 6.92 Å². The summed E-state index contributed by atoms with van der Waals surface area (Å²) in [5, 5.41) is 9.01. The first-order valence-electron chi connectivity index (χ1n) is 5.78. The molecule has 0 aliphatic carbocycles. The van der Waals surface area contributed by atoms with Gasteiger partial charge in [-0.05, 0) is 42.8 Å². The Morgan fingerprint density at radius 3 is 2.67 bits per heavy atom. The van der Waals surface area contributed by atoms with Gasteiger partial charge in [-0.2, -0.15) is 0 Å². The van der Waals surface area contributed by atoms with Gasteiger partial charge in [-0.1, -0.05) is 15.9 Å². The van der Waals surface area contributed by atoms with Gasteiger partial charge in [-0.25, -0.2) is 18.2 Å². The number of nitrogens with zero attached hydrogens (tertiary/aromatic N) is 1. The number of anilines is 1. The Hall–Kier alpha value is -1.93. The summed E-state index contributed by atoms with van der Waals surface area (Å²) in [6, 6.07) is 7.33. The van der Waals surface area contributed by atoms with Gasteiger partial charge in [0, 0.05) is 10.7 Å². The molecule has 2 aromatic rings. The second kappa shape index (κ2) is 5.82. The van der Waals surface area contributed by atoms with E-state index in [1.54, 1.807) is 13.0 Å². The second-order valence-electron chi connectivity index (χ2n) is 4.22. The highest BCUT2D eigenvalue weighted by atomic mass is 79.9. The van der Waals surface area contributed by atoms with Crippen LogP contribution in [0.15, 0.2) is 45.9 Å². The molecule has 1 heterocycles. The van der Waals surface area contributed by atoms with Crippen LogP contribution in [-0.4, -0.2) is 24.5 Å². The van der Waals surface area contributed by atoms with Gasteiger partial charge in [-0.3, -0.25) is 4.72 Å². The lowest BCUT2D eigenvalue weighted by atomic mass is 10.2. The fourth-order valence-electron chi connectivity index (χ4n) is 1.65. The highest BCUT2D eigenvalue weighted by Crippen LogP contribution is 2.23. The molecule has 1 aromatic heterocycles. The minimum atomic E-state index is -3.88. The van der Waals surface area contributed by atoms with E-state index in [2.05, 4.69) is 25.6 Å². The van der Waals surface area contributed by atoms with Crippen LogP contribution in [0.3, 0.4) is 0 Å². The van der Waals surface area contributed by atoms with E-state index in [0.29, 0.717) is 0 Å². The fourth-order valence-corrected chi connectivity index (χ4v) is 3.04. The van der Waals surface area contributed by atoms with E-state index in [1.807, 2.05) is 0 Å². The molecule has 0 aliphatic heterocycles. The van der Waals surface area contributed by atoms with Gasteiger partial charge >= 0.3 is 5.97 Å². The lowest BCUT2D eigenvalue weighted by Crippen LogP contribution is -2.16. The summed E-state index contributed by atoms with van der Waals surface area (Å²) in [7, 11) is -3.88. The number of aromatic nitrogens is 1. The first-order valence-corrected chi connectivity index (χ1v) is 8.06. The summed E-state index contributed by atoms with van der Waals surface area (Å²) in [5.74, 6) is -1.31. The highest BCUT2D eigenvalue weighted by molar-refractivity contribution is 9.10. The van der Waals surface area contributed by atoms with Crippen molar-refractivity contribution < 1.29 is 18.3 Å². The van der Waals surface area contributed by atoms with Crippen LogP contribution in [0.2, 0.25) is 0 Å². The SMILES string of the molecule is Cc1cc(S(=O)(=O)Nc2cccnc2C(=O)O)ccc1Br. The largest absolute Gasteiger partial charge is 0.476 e. The number of carboxylic acids is 1. The number of benzene rings is 1. The average molecular weight is 371 g/mol. The number of nitrogens with one attached hydrogen (secondary N) is 1. The summed E-state index contributed by atoms with van der Waals surface area (Å²) >= 11 is 3.29. The number of aromatic carboxylic acids is 1. The minimum absolute atomic E-state index is 0.0448. The molecule has 0 atom stereocenters. The first kappa shape index (κ1) is 15.5. The molecule has 0 fully saturated rings. The number of carboxylic acid groups (broad SMARTS) is 1. The van der Waals surface area contributed by atoms with Crippen molar-refractivity contribution in [3.63, 3.8) is 0 Å². The van der Waals surface area contributed by atoms with E-state index in [0.717, 1.165) is 10.0 Å². The fraction of sp³-hybridized carbons (Fsp3) is 0.0769. The third-order valence-electron chi connectivity index (χ3n) is 2.69. The monoisotopic (exact) mass is 370 g/mol. The van der Waals surface area contributed by atoms with E-state index in [-0.39, 0.29) is 16.3 Å². The molecule has 0 radical (unpaired) electrons. The molecular weight excluding hydrogens is 360 g/mol. The van der Waals surface area contributed by atoms with Crippen LogP contribution in [0.1, 0.15) is 16.1 Å². The zero-order valence-electron chi connectivity index (χ0n) is 10.9. The third-order valence-corrected chi connectivity index (χ3v) is 4.95. The Morgan fingerprint density at radius 2 is 2.05 bits per heavy atom. The van der Waals surface area contributed by atoms with Crippen molar-refractivity contribution in [3.05, 3.63) is 52.3 Å². The molecule has 21 heavy (non-hydrogen) atoms. The predicted molar refractivity (Wildman–Crippen MR) is 80.9 cm³/mol. The van der Waals surface area contributed by atoms with Crippen LogP contribution < -0.4 is 4.72 Å². The van der Waals surface area contributed by atoms with Crippen molar-refractivity contribution in [2.75, 3.05) is 4.72 Å². The van der Waals surface area contributed by atoms with Crippen molar-refractivity contribution >= 4 is 37.6 Å². The van der Waals surface area contributed by atoms with Crippen molar-refractivity contribution in [3.8, 4) is 0 Å². The molecule has 0 unspecified atom stereocenters. The van der Waals surface area contributed by atoms with Crippen LogP contribution in [0.25, 0.3) is 0 Å². The van der Waals surface area contributed by atoms with Crippen molar-refractivity contribution in [2.24, 2.45) is 0 Å². The van der Waals surface area contributed by atoms with Gasteiger partial charge in [0.2, 0.25) is 0 Å². The standard InChI is InChI=1S/C13H11BrN2O4S/c1-8-7-9(4-5-10(8)14)21(19,20)16-11-3-2-6-15-12(11)13(17)18/h2-7,16H,1H3,(H,17,18). The molecule has 2 rings (SSSR count). The van der Waals surface area contributed by atoms with Gasteiger partial charge in [0.05, 0.1) is 10.6 Å². The van der Waals surface area contributed by atoms with Gasteiger partial charge in [0.1, 0.15) is 0 Å². The van der Waals surface area contributed by atoms with E-state index in [9.17, 15) is 13.2 Å². The number of carbonyl (C=O) groups is 1. The second-order valence-corrected chi connectivity index (χ2v) is 6.76. The Balaban J connectivity index is 2.42. The molecular formula is C13H11BrN2O4S. The van der Waals surface area contributed by atoms with Gasteiger partial charge < -0.3 is 5.11 Å². The summed E-state index contributed by atoms with van der Waals surface area (Å²) in [6.45, 7) is 1.76. The van der Waals surface area contributed by atoms with Crippen LogP contribution in [0.5, 0.6) is 0 Å². The molecule has 0 bridgehead atoms. The third kappa shape index (κ3) is 3.40. The first-order chi connectivity index (χ1) is 9.81. The summed E-state index contributed by atoms with van der Waals surface area (Å²) in [5.41, 5.74) is 0.322. The van der Waals surface area contributed by atoms with E-state index < -0.39 is 16.0 Å². The average Bonchev–Trinajstić information content (AvgIpc) is 2.41.